The average molecular weight is 819 g/mol. The number of rotatable bonds is 6. The van der Waals surface area contributed by atoms with Crippen molar-refractivity contribution in [2.75, 3.05) is 31.1 Å². The Morgan fingerprint density at radius 2 is 1.72 bits per heavy atom. The van der Waals surface area contributed by atoms with Crippen molar-refractivity contribution in [3.05, 3.63) is 122 Å². The number of H-pyrrole nitrogens is 1. The summed E-state index contributed by atoms with van der Waals surface area (Å²) in [6, 6.07) is 22.5. The summed E-state index contributed by atoms with van der Waals surface area (Å²) in [5, 5.41) is 25.3. The summed E-state index contributed by atoms with van der Waals surface area (Å²) in [6.07, 6.45) is 3.51. The fourth-order valence-electron chi connectivity index (χ4n) is 8.01. The van der Waals surface area contributed by atoms with Crippen LogP contribution in [0.1, 0.15) is 54.1 Å². The number of carbonyl (C=O) groups is 3. The van der Waals surface area contributed by atoms with E-state index in [2.05, 4.69) is 26.7 Å². The molecule has 4 aliphatic rings. The summed E-state index contributed by atoms with van der Waals surface area (Å²) < 4.78 is 7.63. The van der Waals surface area contributed by atoms with Crippen molar-refractivity contribution in [3.8, 4) is 34.6 Å². The van der Waals surface area contributed by atoms with Crippen molar-refractivity contribution in [3.63, 3.8) is 0 Å². The predicted octanol–water partition coefficient (Wildman–Crippen LogP) is 4.05. The summed E-state index contributed by atoms with van der Waals surface area (Å²) >= 11 is 0. The highest BCUT2D eigenvalue weighted by Gasteiger charge is 2.33. The number of benzene rings is 3. The lowest BCUT2D eigenvalue weighted by Gasteiger charge is -2.33. The summed E-state index contributed by atoms with van der Waals surface area (Å²) in [6.45, 7) is 2.78. The van der Waals surface area contributed by atoms with Crippen LogP contribution in [0, 0.1) is 24.2 Å². The number of hydrogen-bond acceptors (Lipinski definition) is 14. The first-order valence-electron chi connectivity index (χ1n) is 19.9. The van der Waals surface area contributed by atoms with Crippen LogP contribution in [0.25, 0.3) is 33.4 Å². The third-order valence-corrected chi connectivity index (χ3v) is 11.3. The summed E-state index contributed by atoms with van der Waals surface area (Å²) in [5.41, 5.74) is 3.94. The quantitative estimate of drug-likeness (QED) is 0.227. The molecular formula is C44H38N10O7. The highest BCUT2D eigenvalue weighted by Crippen LogP contribution is 2.38. The number of nitriles is 1. The summed E-state index contributed by atoms with van der Waals surface area (Å²) in [5.74, 6) is -0.920. The molecule has 2 N–H and O–H groups in total. The zero-order chi connectivity index (χ0) is 42.2. The van der Waals surface area contributed by atoms with Crippen LogP contribution in [0.2, 0.25) is 0 Å². The van der Waals surface area contributed by atoms with Crippen molar-refractivity contribution >= 4 is 39.9 Å². The minimum atomic E-state index is -1.01. The Morgan fingerprint density at radius 3 is 2.51 bits per heavy atom. The van der Waals surface area contributed by atoms with Gasteiger partial charge in [-0.25, -0.2) is 19.6 Å². The Balaban J connectivity index is 1.09. The first-order chi connectivity index (χ1) is 29.6. The number of carbonyl (C=O) groups excluding carboxylic acids is 3. The lowest BCUT2D eigenvalue weighted by molar-refractivity contribution is -0.195. The first-order valence-corrected chi connectivity index (χ1v) is 19.9. The number of aromatic nitrogens is 6. The van der Waals surface area contributed by atoms with Gasteiger partial charge in [-0.15, -0.1) is 5.06 Å². The number of hydrogen-bond donors (Lipinski definition) is 2. The first kappa shape index (κ1) is 38.9. The third kappa shape index (κ3) is 7.83. The molecule has 1 atom stereocenters. The molecule has 2 saturated heterocycles. The maximum Gasteiger partial charge on any atom is 0.344 e. The van der Waals surface area contributed by atoms with Gasteiger partial charge in [-0.1, -0.05) is 48.5 Å². The highest BCUT2D eigenvalue weighted by molar-refractivity contribution is 6.01. The second-order valence-electron chi connectivity index (χ2n) is 15.3. The predicted molar refractivity (Wildman–Crippen MR) is 220 cm³/mol. The standard InChI is InChI=1S/C44H38N10O7/c1-25-32-6-3-7-34(39(32)44(59)54(51-25)35-12-13-37(55)47-42(35)58)53-23-38(56)61-52-16-14-27(15-17-52)24-60-43-36(53)22-46-40(48-43)29-10-8-26(9-11-29)18-31-20-33(49-50-41(31)57)30-5-2-4-28(19-30)21-45/h2-11,19-20,22,27,35H,12-18,23-24H2,1H3,(H,50,57)(H,47,55,58). The number of nitrogens with zero attached hydrogens (tertiary/aromatic N) is 8. The van der Waals surface area contributed by atoms with Gasteiger partial charge in [-0.3, -0.25) is 24.5 Å². The number of hydroxylamine groups is 2. The number of piperidine rings is 2. The van der Waals surface area contributed by atoms with E-state index in [1.807, 2.05) is 30.3 Å². The molecule has 6 aromatic rings. The third-order valence-electron chi connectivity index (χ3n) is 11.3. The van der Waals surface area contributed by atoms with E-state index in [9.17, 15) is 29.2 Å². The van der Waals surface area contributed by atoms with E-state index >= 15 is 0 Å². The molecule has 4 aliphatic heterocycles. The fourth-order valence-corrected chi connectivity index (χ4v) is 8.01. The van der Waals surface area contributed by atoms with Crippen LogP contribution in [0.4, 0.5) is 11.4 Å². The van der Waals surface area contributed by atoms with Crippen LogP contribution in [0.15, 0.2) is 88.6 Å². The monoisotopic (exact) mass is 818 g/mol. The topological polar surface area (TPSA) is 218 Å². The van der Waals surface area contributed by atoms with Crippen molar-refractivity contribution in [2.24, 2.45) is 5.92 Å². The van der Waals surface area contributed by atoms with E-state index < -0.39 is 29.4 Å². The Kier molecular flexibility index (Phi) is 10.4. The Morgan fingerprint density at radius 1 is 0.918 bits per heavy atom. The van der Waals surface area contributed by atoms with Gasteiger partial charge in [0.05, 0.1) is 46.9 Å². The van der Waals surface area contributed by atoms with Crippen LogP contribution in [-0.2, 0) is 25.6 Å². The average Bonchev–Trinajstić information content (AvgIpc) is 3.27. The number of fused-ring (bicyclic) bond motifs is 7. The summed E-state index contributed by atoms with van der Waals surface area (Å²) in [4.78, 5) is 83.0. The number of imide groups is 1. The number of amides is 2. The van der Waals surface area contributed by atoms with Gasteiger partial charge in [-0.2, -0.15) is 20.4 Å². The van der Waals surface area contributed by atoms with Crippen LogP contribution in [-0.4, -0.2) is 79.0 Å². The van der Waals surface area contributed by atoms with Crippen molar-refractivity contribution < 1.29 is 24.0 Å². The molecule has 10 rings (SSSR count). The van der Waals surface area contributed by atoms with Crippen LogP contribution in [0.5, 0.6) is 5.88 Å². The van der Waals surface area contributed by atoms with Gasteiger partial charge < -0.3 is 14.5 Å². The molecule has 1 unspecified atom stereocenters. The maximum atomic E-state index is 14.4. The van der Waals surface area contributed by atoms with E-state index in [1.165, 1.54) is 0 Å². The Bertz CT molecular complexity index is 2900. The molecule has 0 saturated carbocycles. The normalized spacial score (nSPS) is 19.2. The minimum absolute atomic E-state index is 0.0532. The van der Waals surface area contributed by atoms with E-state index in [1.54, 1.807) is 65.5 Å². The SMILES string of the molecule is Cc1nn(C2CCC(=O)NC2=O)c(=O)c2c(N3CC(=O)ON4CCC(CC4)COc4nc(-c5ccc(Cc6cc(-c7cccc(C#N)c7)n[nH]c6=O)cc5)ncc43)cccc12. The molecule has 0 aliphatic carbocycles. The zero-order valence-corrected chi connectivity index (χ0v) is 33.0. The molecule has 2 fully saturated rings. The van der Waals surface area contributed by atoms with E-state index in [0.29, 0.717) is 82.3 Å². The van der Waals surface area contributed by atoms with Crippen LogP contribution < -0.4 is 26.1 Å². The molecular weight excluding hydrogens is 781 g/mol. The molecule has 0 radical (unpaired) electrons. The minimum Gasteiger partial charge on any atom is -0.476 e. The zero-order valence-electron chi connectivity index (χ0n) is 33.0. The van der Waals surface area contributed by atoms with Crippen molar-refractivity contribution in [2.45, 2.75) is 45.1 Å². The van der Waals surface area contributed by atoms with Crippen LogP contribution in [0.3, 0.4) is 0 Å². The number of aryl methyl sites for hydroxylation is 1. The van der Waals surface area contributed by atoms with Crippen molar-refractivity contribution in [1.82, 2.24) is 40.3 Å². The van der Waals surface area contributed by atoms with E-state index in [0.717, 1.165) is 23.1 Å². The molecule has 17 heteroatoms. The van der Waals surface area contributed by atoms with Gasteiger partial charge in [0.2, 0.25) is 11.8 Å². The molecule has 61 heavy (non-hydrogen) atoms. The fraction of sp³-hybridized carbons (Fsp3) is 0.273. The second-order valence-corrected chi connectivity index (χ2v) is 15.3. The van der Waals surface area contributed by atoms with Gasteiger partial charge in [0.15, 0.2) is 5.82 Å². The molecule has 3 aromatic heterocycles. The molecule has 7 heterocycles. The number of aromatic amines is 1. The van der Waals surface area contributed by atoms with Gasteiger partial charge in [0.25, 0.3) is 17.0 Å². The smallest absolute Gasteiger partial charge is 0.344 e. The molecule has 306 valence electrons. The molecule has 2 bridgehead atoms. The van der Waals surface area contributed by atoms with E-state index in [-0.39, 0.29) is 42.1 Å². The lowest BCUT2D eigenvalue weighted by Crippen LogP contribution is -2.45. The second kappa shape index (κ2) is 16.2. The number of anilines is 2. The lowest BCUT2D eigenvalue weighted by atomic mass is 9.99. The van der Waals surface area contributed by atoms with Crippen molar-refractivity contribution in [1.29, 1.82) is 5.26 Å². The van der Waals surface area contributed by atoms with Gasteiger partial charge >= 0.3 is 5.97 Å². The molecule has 17 nitrogen and oxygen atoms in total. The number of nitrogens with one attached hydrogen (secondary N) is 2. The Labute approximate surface area is 347 Å². The largest absolute Gasteiger partial charge is 0.476 e. The van der Waals surface area contributed by atoms with Gasteiger partial charge in [0, 0.05) is 48.0 Å². The Hall–Kier alpha value is -7.58. The molecule has 2 amide bonds. The molecule has 3 aromatic carbocycles. The van der Waals surface area contributed by atoms with Gasteiger partial charge in [-0.05, 0) is 61.9 Å². The highest BCUT2D eigenvalue weighted by atomic mass is 16.7. The maximum absolute atomic E-state index is 14.4. The summed E-state index contributed by atoms with van der Waals surface area (Å²) in [7, 11) is 0. The van der Waals surface area contributed by atoms with Gasteiger partial charge in [0.1, 0.15) is 18.3 Å². The van der Waals surface area contributed by atoms with Crippen LogP contribution >= 0.6 is 0 Å². The van der Waals surface area contributed by atoms with E-state index in [4.69, 9.17) is 19.5 Å². The number of ether oxygens (including phenoxy) is 1. The molecule has 0 spiro atoms.